The first-order valence-corrected chi connectivity index (χ1v) is 9.05. The smallest absolute Gasteiger partial charge is 0.343 e. The standard InChI is InChI=1S/C18H26N4O6/c1-4-27-16(25)18(21-13(3)23,17(26)28-5-2)9-6-7-10-22-11-8-14(12-20-22)15(19)24/h8,11-12H,4-7,9-10H2,1-3H3,(H2-,19,21,23,24)/p+1. The molecule has 0 spiro atoms. The van der Waals surface area contributed by atoms with Crippen LogP contribution in [0.2, 0.25) is 0 Å². The molecule has 0 aromatic carbocycles. The topological polar surface area (TPSA) is 142 Å². The van der Waals surface area contributed by atoms with E-state index < -0.39 is 29.3 Å². The Labute approximate surface area is 163 Å². The first kappa shape index (κ1) is 23.0. The highest BCUT2D eigenvalue weighted by atomic mass is 16.6. The molecular formula is C18H27N4O6+. The molecule has 0 fully saturated rings. The quantitative estimate of drug-likeness (QED) is 0.225. The van der Waals surface area contributed by atoms with Gasteiger partial charge >= 0.3 is 11.9 Å². The fourth-order valence-electron chi connectivity index (χ4n) is 2.59. The molecule has 1 rings (SSSR count). The molecule has 0 aliphatic carbocycles. The highest BCUT2D eigenvalue weighted by Gasteiger charge is 2.49. The van der Waals surface area contributed by atoms with E-state index in [1.165, 1.54) is 13.1 Å². The first-order valence-electron chi connectivity index (χ1n) is 9.05. The van der Waals surface area contributed by atoms with Gasteiger partial charge in [0.1, 0.15) is 6.20 Å². The molecule has 0 aliphatic heterocycles. The second-order valence-electron chi connectivity index (χ2n) is 6.03. The molecule has 1 aromatic heterocycles. The lowest BCUT2D eigenvalue weighted by molar-refractivity contribution is -0.754. The summed E-state index contributed by atoms with van der Waals surface area (Å²) in [7, 11) is 0. The van der Waals surface area contributed by atoms with Crippen LogP contribution in [0.4, 0.5) is 0 Å². The number of hydrogen-bond donors (Lipinski definition) is 2. The Morgan fingerprint density at radius 2 is 1.75 bits per heavy atom. The summed E-state index contributed by atoms with van der Waals surface area (Å²) in [6.45, 7) is 5.03. The van der Waals surface area contributed by atoms with E-state index in [-0.39, 0.29) is 19.6 Å². The van der Waals surface area contributed by atoms with Crippen molar-refractivity contribution >= 4 is 23.8 Å². The number of carbonyl (C=O) groups excluding carboxylic acids is 4. The molecule has 154 valence electrons. The van der Waals surface area contributed by atoms with Gasteiger partial charge in [-0.3, -0.25) is 9.59 Å². The number of esters is 2. The highest BCUT2D eigenvalue weighted by molar-refractivity contribution is 6.07. The Kier molecular flexibility index (Phi) is 9.00. The summed E-state index contributed by atoms with van der Waals surface area (Å²) < 4.78 is 11.6. The number of hydrogen-bond acceptors (Lipinski definition) is 7. The van der Waals surface area contributed by atoms with Crippen molar-refractivity contribution in [2.45, 2.75) is 52.1 Å². The van der Waals surface area contributed by atoms with Crippen molar-refractivity contribution in [2.24, 2.45) is 5.73 Å². The third kappa shape index (κ3) is 6.29. The van der Waals surface area contributed by atoms with Crippen LogP contribution in [0, 0.1) is 0 Å². The van der Waals surface area contributed by atoms with E-state index in [4.69, 9.17) is 15.2 Å². The largest absolute Gasteiger partial charge is 0.464 e. The normalized spacial score (nSPS) is 10.8. The van der Waals surface area contributed by atoms with Crippen LogP contribution in [-0.4, -0.2) is 47.6 Å². The number of carbonyl (C=O) groups is 4. The zero-order valence-corrected chi connectivity index (χ0v) is 16.4. The molecular weight excluding hydrogens is 368 g/mol. The molecule has 28 heavy (non-hydrogen) atoms. The molecule has 1 heterocycles. The zero-order chi connectivity index (χ0) is 21.2. The van der Waals surface area contributed by atoms with E-state index in [1.807, 2.05) is 0 Å². The summed E-state index contributed by atoms with van der Waals surface area (Å²) in [5.74, 6) is -2.80. The molecule has 0 aliphatic rings. The van der Waals surface area contributed by atoms with Crippen molar-refractivity contribution < 1.29 is 33.3 Å². The maximum Gasteiger partial charge on any atom is 0.343 e. The van der Waals surface area contributed by atoms with Gasteiger partial charge in [-0.05, 0) is 31.8 Å². The number of aromatic nitrogens is 2. The molecule has 0 radical (unpaired) electrons. The van der Waals surface area contributed by atoms with Gasteiger partial charge in [-0.1, -0.05) is 4.68 Å². The Hall–Kier alpha value is -3.04. The van der Waals surface area contributed by atoms with Crippen LogP contribution in [0.5, 0.6) is 0 Å². The maximum atomic E-state index is 12.5. The highest BCUT2D eigenvalue weighted by Crippen LogP contribution is 2.20. The van der Waals surface area contributed by atoms with Gasteiger partial charge in [0.25, 0.3) is 5.91 Å². The summed E-state index contributed by atoms with van der Waals surface area (Å²) in [5.41, 5.74) is 3.58. The van der Waals surface area contributed by atoms with Crippen molar-refractivity contribution in [1.82, 2.24) is 10.4 Å². The molecule has 3 N–H and O–H groups in total. The zero-order valence-electron chi connectivity index (χ0n) is 16.4. The minimum Gasteiger partial charge on any atom is -0.464 e. The number of amides is 2. The van der Waals surface area contributed by atoms with E-state index in [0.29, 0.717) is 24.9 Å². The Morgan fingerprint density at radius 1 is 1.14 bits per heavy atom. The van der Waals surface area contributed by atoms with E-state index in [1.54, 1.807) is 30.8 Å². The molecule has 0 saturated carbocycles. The van der Waals surface area contributed by atoms with Gasteiger partial charge in [0, 0.05) is 19.4 Å². The monoisotopic (exact) mass is 395 g/mol. The number of nitrogens with two attached hydrogens (primary N) is 1. The Bertz CT molecular complexity index is 687. The van der Waals surface area contributed by atoms with Crippen LogP contribution in [-0.2, 0) is 30.4 Å². The fourth-order valence-corrected chi connectivity index (χ4v) is 2.59. The minimum atomic E-state index is -1.88. The van der Waals surface area contributed by atoms with Crippen molar-refractivity contribution in [3.8, 4) is 0 Å². The predicted octanol–water partition coefficient (Wildman–Crippen LogP) is -0.361. The number of ether oxygens (including phenoxy) is 2. The molecule has 0 atom stereocenters. The first-order chi connectivity index (χ1) is 13.3. The summed E-state index contributed by atoms with van der Waals surface area (Å²) in [6, 6.07) is 1.55. The molecule has 0 bridgehead atoms. The second kappa shape index (κ2) is 11.0. The van der Waals surface area contributed by atoms with Crippen LogP contribution in [0.25, 0.3) is 0 Å². The van der Waals surface area contributed by atoms with Gasteiger partial charge in [-0.2, -0.15) is 0 Å². The lowest BCUT2D eigenvalue weighted by atomic mass is 9.92. The molecule has 10 heteroatoms. The molecule has 0 unspecified atom stereocenters. The summed E-state index contributed by atoms with van der Waals surface area (Å²) in [6.07, 6.45) is 3.95. The lowest BCUT2D eigenvalue weighted by Gasteiger charge is -2.29. The van der Waals surface area contributed by atoms with Gasteiger partial charge in [0.2, 0.25) is 11.4 Å². The van der Waals surface area contributed by atoms with Crippen LogP contribution in [0.1, 0.15) is 50.4 Å². The van der Waals surface area contributed by atoms with E-state index >= 15 is 0 Å². The van der Waals surface area contributed by atoms with Gasteiger partial charge in [0.05, 0.1) is 18.8 Å². The lowest BCUT2D eigenvalue weighted by Crippen LogP contribution is -2.61. The van der Waals surface area contributed by atoms with Crippen molar-refractivity contribution in [3.63, 3.8) is 0 Å². The van der Waals surface area contributed by atoms with Crippen LogP contribution in [0.15, 0.2) is 18.5 Å². The summed E-state index contributed by atoms with van der Waals surface area (Å²) >= 11 is 0. The van der Waals surface area contributed by atoms with Gasteiger partial charge in [0.15, 0.2) is 12.7 Å². The maximum absolute atomic E-state index is 12.5. The van der Waals surface area contributed by atoms with Crippen molar-refractivity contribution in [3.05, 3.63) is 24.0 Å². The minimum absolute atomic E-state index is 0.0180. The average molecular weight is 395 g/mol. The summed E-state index contributed by atoms with van der Waals surface area (Å²) in [5, 5.41) is 6.49. The number of aryl methyl sites for hydroxylation is 1. The number of nitrogens with zero attached hydrogens (tertiary/aromatic N) is 2. The third-order valence-corrected chi connectivity index (χ3v) is 3.88. The Balaban J connectivity index is 2.84. The summed E-state index contributed by atoms with van der Waals surface area (Å²) in [4.78, 5) is 47.7. The van der Waals surface area contributed by atoms with Gasteiger partial charge in [-0.15, -0.1) is 0 Å². The number of primary amides is 1. The van der Waals surface area contributed by atoms with E-state index in [9.17, 15) is 19.2 Å². The molecule has 1 aromatic rings. The van der Waals surface area contributed by atoms with Crippen LogP contribution >= 0.6 is 0 Å². The average Bonchev–Trinajstić information content (AvgIpc) is 2.64. The van der Waals surface area contributed by atoms with E-state index in [2.05, 4.69) is 10.4 Å². The number of nitrogens with one attached hydrogen (secondary N) is 1. The number of unbranched alkanes of at least 4 members (excludes halogenated alkanes) is 1. The Morgan fingerprint density at radius 3 is 2.18 bits per heavy atom. The van der Waals surface area contributed by atoms with Crippen LogP contribution < -0.4 is 15.7 Å². The van der Waals surface area contributed by atoms with Crippen LogP contribution in [0.3, 0.4) is 0 Å². The SMILES string of the molecule is CCOC(=O)C(CCCC[n+]1ccc(C(N)=O)cn1)(NC(C)=O)C(=O)OCC. The predicted molar refractivity (Wildman–Crippen MR) is 96.6 cm³/mol. The molecule has 10 nitrogen and oxygen atoms in total. The molecule has 0 saturated heterocycles. The van der Waals surface area contributed by atoms with E-state index in [0.717, 1.165) is 0 Å². The molecule has 2 amide bonds. The van der Waals surface area contributed by atoms with Gasteiger partial charge < -0.3 is 20.5 Å². The second-order valence-corrected chi connectivity index (χ2v) is 6.03. The third-order valence-electron chi connectivity index (χ3n) is 3.88. The van der Waals surface area contributed by atoms with Crippen molar-refractivity contribution in [2.75, 3.05) is 13.2 Å². The fraction of sp³-hybridized carbons (Fsp3) is 0.556. The number of rotatable bonds is 11. The van der Waals surface area contributed by atoms with Crippen molar-refractivity contribution in [1.29, 1.82) is 0 Å². The van der Waals surface area contributed by atoms with Gasteiger partial charge in [-0.25, -0.2) is 9.59 Å².